The van der Waals surface area contributed by atoms with Crippen LogP contribution in [-0.4, -0.2) is 61.7 Å². The van der Waals surface area contributed by atoms with E-state index in [1.165, 1.54) is 0 Å². The zero-order chi connectivity index (χ0) is 46.6. The van der Waals surface area contributed by atoms with E-state index in [0.717, 1.165) is 50.4 Å². The van der Waals surface area contributed by atoms with Gasteiger partial charge in [0.2, 0.25) is 5.91 Å². The van der Waals surface area contributed by atoms with Crippen molar-refractivity contribution in [2.45, 2.75) is 84.3 Å². The molecule has 65 heavy (non-hydrogen) atoms. The molecule has 0 aliphatic rings. The highest BCUT2D eigenvalue weighted by Gasteiger charge is 2.31. The molecule has 0 heterocycles. The molecular formula is C53H65N5O7. The first-order valence-corrected chi connectivity index (χ1v) is 22.7. The van der Waals surface area contributed by atoms with Gasteiger partial charge in [0.05, 0.1) is 18.6 Å². The van der Waals surface area contributed by atoms with Crippen molar-refractivity contribution in [2.75, 3.05) is 26.3 Å². The first kappa shape index (κ1) is 49.5. The maximum absolute atomic E-state index is 14.2. The Morgan fingerprint density at radius 3 is 1.97 bits per heavy atom. The molecule has 12 nitrogen and oxygen atoms in total. The third-order valence-corrected chi connectivity index (χ3v) is 11.3. The van der Waals surface area contributed by atoms with Crippen molar-refractivity contribution in [3.05, 3.63) is 121 Å². The number of benzene rings is 5. The molecular weight excluding hydrogens is 819 g/mol. The molecule has 0 aliphatic heterocycles. The molecule has 0 saturated heterocycles. The van der Waals surface area contributed by atoms with Crippen LogP contribution in [0.3, 0.4) is 0 Å². The number of ketones is 2. The fourth-order valence-corrected chi connectivity index (χ4v) is 7.82. The smallest absolute Gasteiger partial charge is 0.310 e. The van der Waals surface area contributed by atoms with Gasteiger partial charge in [0.25, 0.3) is 0 Å². The van der Waals surface area contributed by atoms with Gasteiger partial charge in [-0.15, -0.1) is 6.58 Å². The predicted molar refractivity (Wildman–Crippen MR) is 259 cm³/mol. The number of fused-ring (bicyclic) bond motifs is 2. The highest BCUT2D eigenvalue weighted by atomic mass is 16.5. The monoisotopic (exact) mass is 883 g/mol. The van der Waals surface area contributed by atoms with E-state index in [1.54, 1.807) is 6.08 Å². The van der Waals surface area contributed by atoms with Crippen LogP contribution in [0.15, 0.2) is 121 Å². The summed E-state index contributed by atoms with van der Waals surface area (Å²) in [7, 11) is 0. The highest BCUT2D eigenvalue weighted by molar-refractivity contribution is 6.10. The number of carbonyl (C=O) groups excluding carboxylic acids is 4. The summed E-state index contributed by atoms with van der Waals surface area (Å²) >= 11 is 0. The van der Waals surface area contributed by atoms with Crippen LogP contribution in [0.4, 0.5) is 0 Å². The van der Waals surface area contributed by atoms with Gasteiger partial charge >= 0.3 is 5.97 Å². The Labute approximate surface area is 383 Å². The van der Waals surface area contributed by atoms with Gasteiger partial charge in [0.1, 0.15) is 24.7 Å². The van der Waals surface area contributed by atoms with Crippen molar-refractivity contribution in [3.63, 3.8) is 0 Å². The van der Waals surface area contributed by atoms with Crippen molar-refractivity contribution in [3.8, 4) is 22.6 Å². The number of esters is 1. The molecule has 0 bridgehead atoms. The summed E-state index contributed by atoms with van der Waals surface area (Å²) in [4.78, 5) is 59.5. The van der Waals surface area contributed by atoms with Gasteiger partial charge in [-0.05, 0) is 90.2 Å². The van der Waals surface area contributed by atoms with Gasteiger partial charge in [-0.3, -0.25) is 24.2 Å². The summed E-state index contributed by atoms with van der Waals surface area (Å²) in [6.07, 6.45) is 4.52. The zero-order valence-electron chi connectivity index (χ0n) is 37.8. The molecule has 0 fully saturated rings. The Kier molecular flexibility index (Phi) is 19.6. The highest BCUT2D eigenvalue weighted by Crippen LogP contribution is 2.45. The number of allylic oxidation sites excluding steroid dienone is 1. The average molecular weight is 884 g/mol. The van der Waals surface area contributed by atoms with Crippen molar-refractivity contribution in [2.24, 2.45) is 39.9 Å². The molecule has 0 saturated carbocycles. The minimum atomic E-state index is -0.980. The molecule has 0 aliphatic carbocycles. The minimum absolute atomic E-state index is 0.0572. The maximum atomic E-state index is 14.2. The third kappa shape index (κ3) is 15.0. The van der Waals surface area contributed by atoms with E-state index in [2.05, 4.69) is 48.9 Å². The molecule has 344 valence electrons. The van der Waals surface area contributed by atoms with E-state index in [-0.39, 0.29) is 63.0 Å². The number of hydrogen-bond donors (Lipinski definition) is 4. The van der Waals surface area contributed by atoms with Crippen LogP contribution in [0.1, 0.15) is 77.2 Å². The van der Waals surface area contributed by atoms with Crippen LogP contribution >= 0.6 is 0 Å². The number of nitrogens with one attached hydrogen (secondary N) is 1. The van der Waals surface area contributed by atoms with E-state index in [9.17, 15) is 19.2 Å². The van der Waals surface area contributed by atoms with Gasteiger partial charge < -0.3 is 36.7 Å². The Morgan fingerprint density at radius 2 is 1.35 bits per heavy atom. The quantitative estimate of drug-likeness (QED) is 0.0124. The lowest BCUT2D eigenvalue weighted by Gasteiger charge is -2.23. The fourth-order valence-electron chi connectivity index (χ4n) is 7.82. The van der Waals surface area contributed by atoms with E-state index in [0.29, 0.717) is 50.5 Å². The molecule has 7 N–H and O–H groups in total. The summed E-state index contributed by atoms with van der Waals surface area (Å²) in [5.74, 6) is -1.62. The summed E-state index contributed by atoms with van der Waals surface area (Å²) < 4.78 is 18.5. The molecule has 0 spiro atoms. The fraction of sp³-hybridized carbons (Fsp3) is 0.377. The van der Waals surface area contributed by atoms with Crippen LogP contribution < -0.4 is 32.0 Å². The number of ether oxygens (including phenoxy) is 3. The Balaban J connectivity index is 1.37. The van der Waals surface area contributed by atoms with Crippen LogP contribution in [0.5, 0.6) is 11.5 Å². The Bertz CT molecular complexity index is 2400. The molecule has 5 rings (SSSR count). The number of aliphatic imine (C=N–C) groups is 1. The van der Waals surface area contributed by atoms with Crippen LogP contribution in [0.2, 0.25) is 0 Å². The zero-order valence-corrected chi connectivity index (χ0v) is 37.8. The predicted octanol–water partition coefficient (Wildman–Crippen LogP) is 8.60. The molecule has 5 aromatic carbocycles. The lowest BCUT2D eigenvalue weighted by molar-refractivity contribution is -0.151. The molecule has 1 amide bonds. The first-order valence-electron chi connectivity index (χ1n) is 22.7. The molecule has 0 radical (unpaired) electrons. The number of nitrogens with zero attached hydrogens (tertiary/aromatic N) is 1. The topological polar surface area (TPSA) is 198 Å². The maximum Gasteiger partial charge on any atom is 0.310 e. The van der Waals surface area contributed by atoms with Crippen LogP contribution in [-0.2, 0) is 30.5 Å². The average Bonchev–Trinajstić information content (AvgIpc) is 3.30. The number of carbonyl (C=O) groups is 4. The van der Waals surface area contributed by atoms with Crippen LogP contribution in [0, 0.1) is 17.8 Å². The molecule has 12 heteroatoms. The molecule has 3 atom stereocenters. The third-order valence-electron chi connectivity index (χ3n) is 11.3. The summed E-state index contributed by atoms with van der Waals surface area (Å²) in [5.41, 5.74) is 19.4. The SMILES string of the molecule is C=CC[C@H](CC(=O)[C@@H](CCCN=C(N)N)NC(=O)[C@@H](CCCCN)CC(=O)COc1ccc2ccccc2c1-c1c(OCCC(C)C)ccc2ccccc12)C(=O)OCc1ccccc1. The lowest BCUT2D eigenvalue weighted by Crippen LogP contribution is -2.45. The van der Waals surface area contributed by atoms with Gasteiger partial charge in [-0.25, -0.2) is 0 Å². The standard InChI is InChI=1S/C53H65N5O7/c1-4-15-41(52(62)65-34-37-16-6-5-7-17-37)33-46(60)45(23-14-30-57-53(55)56)58-51(61)40(20-12-13-29-54)32-42(59)35-64-48-27-25-39-19-9-11-22-44(39)50(48)49-43-21-10-8-18-38(43)24-26-47(49)63-31-28-36(2)3/h4-11,16-19,21-22,24-27,36,40-41,45H,1,12-15,20,23,28-35,54H2,2-3H3,(H,58,61)(H4,55,56,57)/t40-,41+,45+/m0/s1. The van der Waals surface area contributed by atoms with Crippen molar-refractivity contribution in [1.29, 1.82) is 0 Å². The summed E-state index contributed by atoms with van der Waals surface area (Å²) in [6.45, 7) is 9.05. The summed E-state index contributed by atoms with van der Waals surface area (Å²) in [6, 6.07) is 32.3. The van der Waals surface area contributed by atoms with E-state index < -0.39 is 29.8 Å². The second-order valence-electron chi connectivity index (χ2n) is 16.9. The Morgan fingerprint density at radius 1 is 0.723 bits per heavy atom. The van der Waals surface area contributed by atoms with E-state index in [1.807, 2.05) is 84.9 Å². The second kappa shape index (κ2) is 25.7. The molecule has 0 aromatic heterocycles. The van der Waals surface area contributed by atoms with Crippen molar-refractivity contribution in [1.82, 2.24) is 5.32 Å². The number of amides is 1. The summed E-state index contributed by atoms with van der Waals surface area (Å²) in [5, 5.41) is 6.90. The first-order chi connectivity index (χ1) is 31.5. The van der Waals surface area contributed by atoms with Gasteiger partial charge in [0, 0.05) is 36.4 Å². The number of nitrogens with two attached hydrogens (primary N) is 3. The largest absolute Gasteiger partial charge is 0.493 e. The lowest BCUT2D eigenvalue weighted by atomic mass is 9.91. The van der Waals surface area contributed by atoms with Crippen molar-refractivity contribution < 1.29 is 33.4 Å². The van der Waals surface area contributed by atoms with E-state index in [4.69, 9.17) is 31.4 Å². The Hall–Kier alpha value is -6.53. The molecule has 5 aromatic rings. The molecule has 0 unspecified atom stereocenters. The van der Waals surface area contributed by atoms with E-state index >= 15 is 0 Å². The van der Waals surface area contributed by atoms with Gasteiger partial charge in [-0.2, -0.15) is 0 Å². The number of guanidine groups is 1. The number of Topliss-reactive ketones (excluding diaryl/α,β-unsaturated/α-hetero) is 2. The minimum Gasteiger partial charge on any atom is -0.493 e. The van der Waals surface area contributed by atoms with Crippen LogP contribution in [0.25, 0.3) is 32.7 Å². The normalized spacial score (nSPS) is 12.6. The van der Waals surface area contributed by atoms with Gasteiger partial charge in [-0.1, -0.05) is 117 Å². The number of unbranched alkanes of at least 4 members (excludes halogenated alkanes) is 1. The van der Waals surface area contributed by atoms with Gasteiger partial charge in [0.15, 0.2) is 17.5 Å². The number of rotatable bonds is 28. The van der Waals surface area contributed by atoms with Crippen molar-refractivity contribution >= 4 is 50.9 Å². The number of hydrogen-bond acceptors (Lipinski definition) is 9. The second-order valence-corrected chi connectivity index (χ2v) is 16.9.